The Hall–Kier alpha value is -2.44. The van der Waals surface area contributed by atoms with Gasteiger partial charge in [-0.3, -0.25) is 4.79 Å². The summed E-state index contributed by atoms with van der Waals surface area (Å²) in [7, 11) is 0. The number of benzene rings is 1. The topological polar surface area (TPSA) is 70.1 Å². The number of nitrogens with two attached hydrogens (primary N) is 1. The van der Waals surface area contributed by atoms with E-state index in [1.807, 2.05) is 6.92 Å². The fourth-order valence-electron chi connectivity index (χ4n) is 3.01. The molecule has 2 N–H and O–H groups in total. The van der Waals surface area contributed by atoms with Crippen molar-refractivity contribution >= 4 is 11.6 Å². The summed E-state index contributed by atoms with van der Waals surface area (Å²) in [6, 6.07) is 2.11. The van der Waals surface area contributed by atoms with E-state index in [2.05, 4.69) is 0 Å². The predicted molar refractivity (Wildman–Crippen MR) is 91.2 cm³/mol. The molecule has 0 fully saturated rings. The van der Waals surface area contributed by atoms with E-state index in [-0.39, 0.29) is 12.3 Å². The van der Waals surface area contributed by atoms with Crippen LogP contribution < -0.4 is 10.6 Å². The summed E-state index contributed by atoms with van der Waals surface area (Å²) in [5.41, 5.74) is 2.73. The van der Waals surface area contributed by atoms with E-state index >= 15 is 0 Å². The van der Waals surface area contributed by atoms with Gasteiger partial charge in [0.1, 0.15) is 12.6 Å². The SMILES string of the molecule is CCCC(C)CC(C(N)=O)N(CC(F)(F)F)c1ccc(C#N)c(C(F)(F)F)c1. The first-order valence-electron chi connectivity index (χ1n) is 8.54. The van der Waals surface area contributed by atoms with Gasteiger partial charge < -0.3 is 10.6 Å². The number of alkyl halides is 6. The molecule has 2 unspecified atom stereocenters. The van der Waals surface area contributed by atoms with Gasteiger partial charge in [0, 0.05) is 5.69 Å². The first-order chi connectivity index (χ1) is 12.8. The molecule has 0 aliphatic heterocycles. The first kappa shape index (κ1) is 23.6. The summed E-state index contributed by atoms with van der Waals surface area (Å²) in [5.74, 6) is -1.23. The maximum absolute atomic E-state index is 13.2. The Morgan fingerprint density at radius 2 is 1.86 bits per heavy atom. The molecule has 0 aliphatic carbocycles. The Kier molecular flexibility index (Phi) is 7.73. The Bertz CT molecular complexity index is 724. The second-order valence-corrected chi connectivity index (χ2v) is 6.63. The smallest absolute Gasteiger partial charge is 0.368 e. The third-order valence-corrected chi connectivity index (χ3v) is 4.22. The number of nitriles is 1. The number of hydrogen-bond acceptors (Lipinski definition) is 3. The molecule has 2 atom stereocenters. The van der Waals surface area contributed by atoms with Gasteiger partial charge in [0.05, 0.1) is 17.2 Å². The quantitative estimate of drug-likeness (QED) is 0.637. The fraction of sp³-hybridized carbons (Fsp3) is 0.556. The molecule has 1 aromatic carbocycles. The second-order valence-electron chi connectivity index (χ2n) is 6.63. The van der Waals surface area contributed by atoms with Gasteiger partial charge in [-0.25, -0.2) is 0 Å². The Labute approximate surface area is 158 Å². The minimum Gasteiger partial charge on any atom is -0.368 e. The van der Waals surface area contributed by atoms with Gasteiger partial charge in [-0.2, -0.15) is 31.6 Å². The van der Waals surface area contributed by atoms with Crippen LogP contribution in [-0.2, 0) is 11.0 Å². The van der Waals surface area contributed by atoms with Crippen LogP contribution in [-0.4, -0.2) is 24.7 Å². The Morgan fingerprint density at radius 3 is 2.29 bits per heavy atom. The summed E-state index contributed by atoms with van der Waals surface area (Å²) in [5, 5.41) is 8.86. The van der Waals surface area contributed by atoms with E-state index in [0.717, 1.165) is 18.6 Å². The van der Waals surface area contributed by atoms with Crippen molar-refractivity contribution in [2.45, 2.75) is 51.5 Å². The minimum atomic E-state index is -4.94. The second kappa shape index (κ2) is 9.17. The third-order valence-electron chi connectivity index (χ3n) is 4.22. The molecule has 0 saturated carbocycles. The molecule has 0 aliphatic rings. The van der Waals surface area contributed by atoms with Crippen molar-refractivity contribution in [3.63, 3.8) is 0 Å². The summed E-state index contributed by atoms with van der Waals surface area (Å²) < 4.78 is 78.9. The maximum Gasteiger partial charge on any atom is 0.417 e. The molecule has 156 valence electrons. The van der Waals surface area contributed by atoms with Gasteiger partial charge in [-0.1, -0.05) is 26.7 Å². The molecule has 0 saturated heterocycles. The summed E-state index contributed by atoms with van der Waals surface area (Å²) in [4.78, 5) is 12.4. The number of nitrogens with zero attached hydrogens (tertiary/aromatic N) is 2. The average molecular weight is 409 g/mol. The number of hydrogen-bond donors (Lipinski definition) is 1. The highest BCUT2D eigenvalue weighted by Gasteiger charge is 2.39. The van der Waals surface area contributed by atoms with Gasteiger partial charge in [0.2, 0.25) is 5.91 Å². The molecule has 0 bridgehead atoms. The van der Waals surface area contributed by atoms with Gasteiger partial charge in [-0.15, -0.1) is 0 Å². The van der Waals surface area contributed by atoms with Gasteiger partial charge in [0.15, 0.2) is 0 Å². The lowest BCUT2D eigenvalue weighted by Gasteiger charge is -2.34. The maximum atomic E-state index is 13.2. The van der Waals surface area contributed by atoms with E-state index in [0.29, 0.717) is 17.4 Å². The molecule has 0 heterocycles. The van der Waals surface area contributed by atoms with Crippen molar-refractivity contribution in [1.82, 2.24) is 0 Å². The lowest BCUT2D eigenvalue weighted by molar-refractivity contribution is -0.137. The van der Waals surface area contributed by atoms with E-state index in [4.69, 9.17) is 11.0 Å². The lowest BCUT2D eigenvalue weighted by atomic mass is 9.95. The minimum absolute atomic E-state index is 0.0411. The molecular weight excluding hydrogens is 388 g/mol. The number of anilines is 1. The van der Waals surface area contributed by atoms with Crippen LogP contribution in [0.15, 0.2) is 18.2 Å². The van der Waals surface area contributed by atoms with Crippen molar-refractivity contribution in [2.75, 3.05) is 11.4 Å². The summed E-state index contributed by atoms with van der Waals surface area (Å²) >= 11 is 0. The van der Waals surface area contributed by atoms with Crippen LogP contribution in [0.4, 0.5) is 32.0 Å². The van der Waals surface area contributed by atoms with Crippen molar-refractivity contribution in [1.29, 1.82) is 5.26 Å². The van der Waals surface area contributed by atoms with Gasteiger partial charge in [-0.05, 0) is 30.5 Å². The van der Waals surface area contributed by atoms with Gasteiger partial charge in [0.25, 0.3) is 0 Å². The summed E-state index contributed by atoms with van der Waals surface area (Å²) in [6.45, 7) is 1.94. The highest BCUT2D eigenvalue weighted by atomic mass is 19.4. The standard InChI is InChI=1S/C18H21F6N3O/c1-3-4-11(2)7-15(16(26)28)27(10-17(19,20)21)13-6-5-12(9-25)14(8-13)18(22,23)24/h5-6,8,11,15H,3-4,7,10H2,1-2H3,(H2,26,28). The normalized spacial score (nSPS) is 14.2. The fourth-order valence-corrected chi connectivity index (χ4v) is 3.01. The van der Waals surface area contributed by atoms with Crippen LogP contribution >= 0.6 is 0 Å². The molecule has 0 aromatic heterocycles. The highest BCUT2D eigenvalue weighted by Crippen LogP contribution is 2.36. The predicted octanol–water partition coefficient (Wildman–Crippen LogP) is 4.63. The van der Waals surface area contributed by atoms with Crippen LogP contribution in [0.2, 0.25) is 0 Å². The molecule has 0 radical (unpaired) electrons. The molecule has 0 spiro atoms. The highest BCUT2D eigenvalue weighted by molar-refractivity contribution is 5.84. The van der Waals surface area contributed by atoms with Crippen LogP contribution in [0.5, 0.6) is 0 Å². The van der Waals surface area contributed by atoms with E-state index in [1.165, 1.54) is 6.07 Å². The number of carbonyl (C=O) groups excluding carboxylic acids is 1. The van der Waals surface area contributed by atoms with Crippen LogP contribution in [0, 0.1) is 17.2 Å². The molecule has 1 aromatic rings. The zero-order chi connectivity index (χ0) is 21.7. The molecule has 28 heavy (non-hydrogen) atoms. The van der Waals surface area contributed by atoms with Crippen LogP contribution in [0.3, 0.4) is 0 Å². The van der Waals surface area contributed by atoms with Crippen LogP contribution in [0.1, 0.15) is 44.2 Å². The summed E-state index contributed by atoms with van der Waals surface area (Å²) in [6.07, 6.45) is -8.43. The zero-order valence-corrected chi connectivity index (χ0v) is 15.4. The Balaban J connectivity index is 3.48. The number of primary amides is 1. The Morgan fingerprint density at radius 1 is 1.25 bits per heavy atom. The lowest BCUT2D eigenvalue weighted by Crippen LogP contribution is -2.49. The average Bonchev–Trinajstić information content (AvgIpc) is 2.55. The van der Waals surface area contributed by atoms with Gasteiger partial charge >= 0.3 is 12.4 Å². The third kappa shape index (κ3) is 6.62. The van der Waals surface area contributed by atoms with Crippen LogP contribution in [0.25, 0.3) is 0 Å². The molecule has 1 amide bonds. The zero-order valence-electron chi connectivity index (χ0n) is 15.4. The largest absolute Gasteiger partial charge is 0.417 e. The molecule has 4 nitrogen and oxygen atoms in total. The van der Waals surface area contributed by atoms with Crippen molar-refractivity contribution in [3.05, 3.63) is 29.3 Å². The number of carbonyl (C=O) groups is 1. The van der Waals surface area contributed by atoms with E-state index in [9.17, 15) is 31.1 Å². The van der Waals surface area contributed by atoms with Crippen molar-refractivity contribution in [2.24, 2.45) is 11.7 Å². The van der Waals surface area contributed by atoms with E-state index in [1.54, 1.807) is 6.92 Å². The monoisotopic (exact) mass is 409 g/mol. The molecule has 1 rings (SSSR count). The first-order valence-corrected chi connectivity index (χ1v) is 8.54. The van der Waals surface area contributed by atoms with Crippen molar-refractivity contribution in [3.8, 4) is 6.07 Å². The number of amides is 1. The van der Waals surface area contributed by atoms with Crippen molar-refractivity contribution < 1.29 is 31.1 Å². The molecule has 10 heteroatoms. The number of halogens is 6. The van der Waals surface area contributed by atoms with E-state index < -0.39 is 47.7 Å². The number of rotatable bonds is 8. The molecular formula is C18H21F6N3O.